The van der Waals surface area contributed by atoms with Gasteiger partial charge in [-0.1, -0.05) is 11.6 Å². The first-order chi connectivity index (χ1) is 7.72. The Morgan fingerprint density at radius 1 is 1.50 bits per heavy atom. The Labute approximate surface area is 98.4 Å². The van der Waals surface area contributed by atoms with Gasteiger partial charge in [-0.05, 0) is 24.6 Å². The van der Waals surface area contributed by atoms with Crippen LogP contribution >= 0.6 is 11.6 Å². The molecule has 16 heavy (non-hydrogen) atoms. The van der Waals surface area contributed by atoms with E-state index in [1.54, 1.807) is 23.1 Å². The molecule has 0 radical (unpaired) electrons. The van der Waals surface area contributed by atoms with Gasteiger partial charge in [-0.2, -0.15) is 5.26 Å². The molecule has 1 aliphatic heterocycles. The molecule has 2 rings (SSSR count). The summed E-state index contributed by atoms with van der Waals surface area (Å²) in [6.07, 6.45) is 0.891. The first kappa shape index (κ1) is 10.8. The van der Waals surface area contributed by atoms with Crippen molar-refractivity contribution in [3.8, 4) is 6.07 Å². The second-order valence-corrected chi connectivity index (χ2v) is 3.92. The Balaban J connectivity index is 2.33. The quantitative estimate of drug-likeness (QED) is 0.811. The summed E-state index contributed by atoms with van der Waals surface area (Å²) in [7, 11) is 0. The molecule has 0 aliphatic carbocycles. The number of anilines is 1. The van der Waals surface area contributed by atoms with Crippen LogP contribution in [0.1, 0.15) is 12.0 Å². The van der Waals surface area contributed by atoms with Gasteiger partial charge in [-0.3, -0.25) is 4.90 Å². The number of carbonyl (C=O) groups is 1. The zero-order valence-electron chi connectivity index (χ0n) is 8.53. The number of nitrogens with one attached hydrogen (secondary N) is 1. The Morgan fingerprint density at radius 3 is 2.94 bits per heavy atom. The molecule has 1 heterocycles. The van der Waals surface area contributed by atoms with Gasteiger partial charge in [0, 0.05) is 13.1 Å². The molecule has 1 N–H and O–H groups in total. The zero-order chi connectivity index (χ0) is 11.5. The van der Waals surface area contributed by atoms with Crippen molar-refractivity contribution >= 4 is 23.3 Å². The number of rotatable bonds is 1. The fourth-order valence-corrected chi connectivity index (χ4v) is 1.94. The third-order valence-corrected chi connectivity index (χ3v) is 2.75. The lowest BCUT2D eigenvalue weighted by atomic mass is 10.2. The van der Waals surface area contributed by atoms with Crippen LogP contribution in [0.2, 0.25) is 5.02 Å². The molecule has 1 aliphatic rings. The molecule has 5 heteroatoms. The van der Waals surface area contributed by atoms with Gasteiger partial charge >= 0.3 is 6.03 Å². The maximum atomic E-state index is 11.6. The van der Waals surface area contributed by atoms with E-state index in [2.05, 4.69) is 5.32 Å². The normalized spacial score (nSPS) is 15.5. The van der Waals surface area contributed by atoms with Crippen LogP contribution in [0.25, 0.3) is 0 Å². The van der Waals surface area contributed by atoms with Crippen LogP contribution in [-0.4, -0.2) is 19.1 Å². The third-order valence-electron chi connectivity index (χ3n) is 2.45. The fraction of sp³-hybridized carbons (Fsp3) is 0.273. The van der Waals surface area contributed by atoms with Gasteiger partial charge in [0.05, 0.1) is 22.3 Å². The highest BCUT2D eigenvalue weighted by molar-refractivity contribution is 6.33. The predicted molar refractivity (Wildman–Crippen MR) is 61.5 cm³/mol. The molecule has 82 valence electrons. The molecule has 0 unspecified atom stereocenters. The molecule has 0 atom stereocenters. The van der Waals surface area contributed by atoms with Crippen LogP contribution in [-0.2, 0) is 0 Å². The van der Waals surface area contributed by atoms with Gasteiger partial charge in [0.1, 0.15) is 0 Å². The molecule has 4 nitrogen and oxygen atoms in total. The van der Waals surface area contributed by atoms with Gasteiger partial charge < -0.3 is 5.32 Å². The highest BCUT2D eigenvalue weighted by Gasteiger charge is 2.21. The molecule has 1 fully saturated rings. The minimum Gasteiger partial charge on any atom is -0.338 e. The summed E-state index contributed by atoms with van der Waals surface area (Å²) >= 11 is 6.03. The number of benzene rings is 1. The summed E-state index contributed by atoms with van der Waals surface area (Å²) in [6, 6.07) is 6.79. The zero-order valence-corrected chi connectivity index (χ0v) is 9.29. The number of nitrogens with zero attached hydrogens (tertiary/aromatic N) is 2. The summed E-state index contributed by atoms with van der Waals surface area (Å²) < 4.78 is 0. The minimum atomic E-state index is -0.141. The van der Waals surface area contributed by atoms with Crippen molar-refractivity contribution in [2.24, 2.45) is 0 Å². The number of hydrogen-bond donors (Lipinski definition) is 1. The first-order valence-electron chi connectivity index (χ1n) is 4.97. The summed E-state index contributed by atoms with van der Waals surface area (Å²) in [5, 5.41) is 11.9. The van der Waals surface area contributed by atoms with Crippen LogP contribution in [0.15, 0.2) is 18.2 Å². The average Bonchev–Trinajstić information content (AvgIpc) is 2.30. The molecule has 0 bridgehead atoms. The number of carbonyl (C=O) groups excluding carboxylic acids is 1. The minimum absolute atomic E-state index is 0.141. The Bertz CT molecular complexity index is 467. The van der Waals surface area contributed by atoms with E-state index in [-0.39, 0.29) is 6.03 Å². The van der Waals surface area contributed by atoms with Crippen LogP contribution in [0.3, 0.4) is 0 Å². The fourth-order valence-electron chi connectivity index (χ4n) is 1.65. The highest BCUT2D eigenvalue weighted by Crippen LogP contribution is 2.27. The molecule has 1 aromatic rings. The number of halogens is 1. The first-order valence-corrected chi connectivity index (χ1v) is 5.35. The summed E-state index contributed by atoms with van der Waals surface area (Å²) in [5.41, 5.74) is 1.14. The number of hydrogen-bond acceptors (Lipinski definition) is 2. The summed E-state index contributed by atoms with van der Waals surface area (Å²) in [6.45, 7) is 1.35. The SMILES string of the molecule is N#Cc1ccc(N2CCCNC2=O)c(Cl)c1. The van der Waals surface area contributed by atoms with Gasteiger partial charge in [0.25, 0.3) is 0 Å². The number of nitriles is 1. The Morgan fingerprint density at radius 2 is 2.31 bits per heavy atom. The standard InChI is InChI=1S/C11H10ClN3O/c12-9-6-8(7-13)2-3-10(9)15-5-1-4-14-11(15)16/h2-3,6H,1,4-5H2,(H,14,16). The van der Waals surface area contributed by atoms with E-state index in [1.807, 2.05) is 6.07 Å². The maximum Gasteiger partial charge on any atom is 0.321 e. The molecule has 2 amide bonds. The van der Waals surface area contributed by atoms with Crippen molar-refractivity contribution in [3.05, 3.63) is 28.8 Å². The smallest absolute Gasteiger partial charge is 0.321 e. The molecular formula is C11H10ClN3O. The summed E-state index contributed by atoms with van der Waals surface area (Å²) in [5.74, 6) is 0. The van der Waals surface area contributed by atoms with Gasteiger partial charge in [0.15, 0.2) is 0 Å². The molecule has 0 aromatic heterocycles. The highest BCUT2D eigenvalue weighted by atomic mass is 35.5. The van der Waals surface area contributed by atoms with Crippen LogP contribution in [0.4, 0.5) is 10.5 Å². The second kappa shape index (κ2) is 4.42. The van der Waals surface area contributed by atoms with E-state index in [0.29, 0.717) is 29.4 Å². The van der Waals surface area contributed by atoms with E-state index < -0.39 is 0 Å². The Hall–Kier alpha value is -1.73. The van der Waals surface area contributed by atoms with Crippen LogP contribution in [0, 0.1) is 11.3 Å². The number of amides is 2. The van der Waals surface area contributed by atoms with Gasteiger partial charge in [-0.25, -0.2) is 4.79 Å². The van der Waals surface area contributed by atoms with Crippen molar-refractivity contribution in [2.75, 3.05) is 18.0 Å². The second-order valence-electron chi connectivity index (χ2n) is 3.52. The lowest BCUT2D eigenvalue weighted by Crippen LogP contribution is -2.46. The van der Waals surface area contributed by atoms with Crippen molar-refractivity contribution < 1.29 is 4.79 Å². The van der Waals surface area contributed by atoms with E-state index in [1.165, 1.54) is 0 Å². The monoisotopic (exact) mass is 235 g/mol. The third kappa shape index (κ3) is 1.95. The largest absolute Gasteiger partial charge is 0.338 e. The molecule has 1 saturated heterocycles. The molecule has 1 aromatic carbocycles. The van der Waals surface area contributed by atoms with E-state index in [0.717, 1.165) is 6.42 Å². The van der Waals surface area contributed by atoms with E-state index >= 15 is 0 Å². The predicted octanol–water partition coefficient (Wildman–Crippen LogP) is 2.13. The van der Waals surface area contributed by atoms with Crippen molar-refractivity contribution in [1.29, 1.82) is 5.26 Å². The van der Waals surface area contributed by atoms with Crippen molar-refractivity contribution in [1.82, 2.24) is 5.32 Å². The van der Waals surface area contributed by atoms with Crippen LogP contribution < -0.4 is 10.2 Å². The lowest BCUT2D eigenvalue weighted by Gasteiger charge is -2.28. The van der Waals surface area contributed by atoms with E-state index in [4.69, 9.17) is 16.9 Å². The number of urea groups is 1. The maximum absolute atomic E-state index is 11.6. The van der Waals surface area contributed by atoms with E-state index in [9.17, 15) is 4.79 Å². The van der Waals surface area contributed by atoms with Gasteiger partial charge in [-0.15, -0.1) is 0 Å². The average molecular weight is 236 g/mol. The molecular weight excluding hydrogens is 226 g/mol. The molecule has 0 spiro atoms. The summed E-state index contributed by atoms with van der Waals surface area (Å²) in [4.78, 5) is 13.2. The topological polar surface area (TPSA) is 56.1 Å². The van der Waals surface area contributed by atoms with Crippen LogP contribution in [0.5, 0.6) is 0 Å². The molecule has 0 saturated carbocycles. The van der Waals surface area contributed by atoms with Crippen molar-refractivity contribution in [2.45, 2.75) is 6.42 Å². The van der Waals surface area contributed by atoms with Crippen molar-refractivity contribution in [3.63, 3.8) is 0 Å². The van der Waals surface area contributed by atoms with Gasteiger partial charge in [0.2, 0.25) is 0 Å². The lowest BCUT2D eigenvalue weighted by molar-refractivity contribution is 0.243. The Kier molecular flexibility index (Phi) is 2.97.